The molecule has 1 aromatic rings. The first-order chi connectivity index (χ1) is 9.58. The molecule has 1 amide bonds. The molecule has 0 aromatic heterocycles. The number of nitrogens with zero attached hydrogens (tertiary/aromatic N) is 1. The van der Waals surface area contributed by atoms with Crippen LogP contribution in [0.1, 0.15) is 23.2 Å². The summed E-state index contributed by atoms with van der Waals surface area (Å²) in [5, 5.41) is 13.7. The highest BCUT2D eigenvalue weighted by atomic mass is 16.6. The molecule has 0 heterocycles. The molecule has 1 saturated carbocycles. The molecule has 7 nitrogen and oxygen atoms in total. The zero-order valence-electron chi connectivity index (χ0n) is 11.3. The van der Waals surface area contributed by atoms with E-state index in [0.717, 1.165) is 12.8 Å². The van der Waals surface area contributed by atoms with Crippen molar-refractivity contribution in [3.63, 3.8) is 0 Å². The van der Waals surface area contributed by atoms with E-state index in [-0.39, 0.29) is 22.7 Å². The summed E-state index contributed by atoms with van der Waals surface area (Å²) in [6, 6.07) is 2.65. The van der Waals surface area contributed by atoms with Crippen molar-refractivity contribution in [2.24, 2.45) is 5.92 Å². The number of hydrogen-bond acceptors (Lipinski definition) is 5. The van der Waals surface area contributed by atoms with Crippen LogP contribution in [0.4, 0.5) is 5.69 Å². The second-order valence-corrected chi connectivity index (χ2v) is 4.61. The molecule has 1 aliphatic carbocycles. The molecule has 0 spiro atoms. The Bertz CT molecular complexity index is 540. The second-order valence-electron chi connectivity index (χ2n) is 4.61. The fourth-order valence-electron chi connectivity index (χ4n) is 1.94. The number of benzene rings is 1. The van der Waals surface area contributed by atoms with Gasteiger partial charge < -0.3 is 14.8 Å². The lowest BCUT2D eigenvalue weighted by atomic mass is 10.1. The summed E-state index contributed by atoms with van der Waals surface area (Å²) < 4.78 is 10.1. The number of nitro benzene ring substituents is 1. The first-order valence-electron chi connectivity index (χ1n) is 6.26. The largest absolute Gasteiger partial charge is 0.496 e. The molecule has 0 bridgehead atoms. The van der Waals surface area contributed by atoms with Gasteiger partial charge >= 0.3 is 5.69 Å². The highest BCUT2D eigenvalue weighted by Gasteiger charge is 2.28. The van der Waals surface area contributed by atoms with Gasteiger partial charge in [0.1, 0.15) is 11.3 Å². The zero-order chi connectivity index (χ0) is 14.7. The van der Waals surface area contributed by atoms with Crippen molar-refractivity contribution < 1.29 is 19.2 Å². The van der Waals surface area contributed by atoms with Gasteiger partial charge in [-0.3, -0.25) is 14.9 Å². The average Bonchev–Trinajstić information content (AvgIpc) is 3.26. The monoisotopic (exact) mass is 280 g/mol. The van der Waals surface area contributed by atoms with Crippen LogP contribution in [-0.4, -0.2) is 31.6 Å². The van der Waals surface area contributed by atoms with Crippen LogP contribution in [0.25, 0.3) is 0 Å². The normalized spacial score (nSPS) is 13.7. The Morgan fingerprint density at radius 1 is 1.40 bits per heavy atom. The van der Waals surface area contributed by atoms with Gasteiger partial charge in [0, 0.05) is 12.6 Å². The number of carbonyl (C=O) groups excluding carboxylic acids is 1. The number of amides is 1. The number of nitro groups is 1. The van der Waals surface area contributed by atoms with Gasteiger partial charge in [0.25, 0.3) is 5.91 Å². The van der Waals surface area contributed by atoms with Crippen molar-refractivity contribution in [3.05, 3.63) is 27.8 Å². The maximum atomic E-state index is 12.2. The van der Waals surface area contributed by atoms with Crippen LogP contribution in [0.2, 0.25) is 0 Å². The summed E-state index contributed by atoms with van der Waals surface area (Å²) in [5.41, 5.74) is -0.199. The van der Waals surface area contributed by atoms with Crippen molar-refractivity contribution in [2.45, 2.75) is 12.8 Å². The van der Waals surface area contributed by atoms with Gasteiger partial charge in [0.15, 0.2) is 0 Å². The molecule has 7 heteroatoms. The zero-order valence-corrected chi connectivity index (χ0v) is 11.3. The quantitative estimate of drug-likeness (QED) is 0.633. The van der Waals surface area contributed by atoms with Crippen LogP contribution < -0.4 is 14.8 Å². The van der Waals surface area contributed by atoms with Crippen molar-refractivity contribution >= 4 is 11.6 Å². The smallest absolute Gasteiger partial charge is 0.312 e. The number of nitrogens with one attached hydrogen (secondary N) is 1. The summed E-state index contributed by atoms with van der Waals surface area (Å²) in [5.74, 6) is 0.257. The van der Waals surface area contributed by atoms with E-state index in [1.165, 1.54) is 26.4 Å². The Morgan fingerprint density at radius 2 is 2.10 bits per heavy atom. The van der Waals surface area contributed by atoms with Crippen LogP contribution in [0.5, 0.6) is 11.5 Å². The molecule has 2 rings (SSSR count). The Balaban J connectivity index is 2.37. The minimum atomic E-state index is -0.587. The van der Waals surface area contributed by atoms with Gasteiger partial charge in [-0.05, 0) is 24.8 Å². The Labute approximate surface area is 116 Å². The molecule has 0 unspecified atom stereocenters. The van der Waals surface area contributed by atoms with Crippen LogP contribution in [-0.2, 0) is 0 Å². The fraction of sp³-hybridized carbons (Fsp3) is 0.462. The molecule has 1 N–H and O–H groups in total. The third kappa shape index (κ3) is 2.81. The predicted octanol–water partition coefficient (Wildman–Crippen LogP) is 1.75. The molecule has 0 saturated heterocycles. The van der Waals surface area contributed by atoms with E-state index in [9.17, 15) is 14.9 Å². The average molecular weight is 280 g/mol. The van der Waals surface area contributed by atoms with E-state index in [2.05, 4.69) is 5.32 Å². The molecular formula is C13H16N2O5. The van der Waals surface area contributed by atoms with Crippen molar-refractivity contribution in [1.82, 2.24) is 5.32 Å². The molecule has 1 aliphatic rings. The van der Waals surface area contributed by atoms with E-state index in [1.807, 2.05) is 0 Å². The molecule has 0 radical (unpaired) electrons. The standard InChI is InChI=1S/C13H16N2O5/c1-19-10-6-5-9(15(17)18)12(20-2)11(10)13(16)14-7-8-3-4-8/h5-6,8H,3-4,7H2,1-2H3,(H,14,16). The van der Waals surface area contributed by atoms with E-state index < -0.39 is 10.8 Å². The van der Waals surface area contributed by atoms with Crippen LogP contribution in [0, 0.1) is 16.0 Å². The topological polar surface area (TPSA) is 90.7 Å². The second kappa shape index (κ2) is 5.77. The fourth-order valence-corrected chi connectivity index (χ4v) is 1.94. The van der Waals surface area contributed by atoms with Crippen molar-refractivity contribution in [2.75, 3.05) is 20.8 Å². The van der Waals surface area contributed by atoms with Gasteiger partial charge in [-0.2, -0.15) is 0 Å². The summed E-state index contributed by atoms with van der Waals surface area (Å²) in [6.07, 6.45) is 2.20. The third-order valence-electron chi connectivity index (χ3n) is 3.19. The minimum absolute atomic E-state index is 0.0600. The molecule has 20 heavy (non-hydrogen) atoms. The maximum absolute atomic E-state index is 12.2. The van der Waals surface area contributed by atoms with E-state index in [4.69, 9.17) is 9.47 Å². The van der Waals surface area contributed by atoms with E-state index in [1.54, 1.807) is 0 Å². The van der Waals surface area contributed by atoms with Gasteiger partial charge in [-0.25, -0.2) is 0 Å². The molecule has 1 aromatic carbocycles. The predicted molar refractivity (Wildman–Crippen MR) is 71.3 cm³/mol. The van der Waals surface area contributed by atoms with Gasteiger partial charge in [0.05, 0.1) is 19.1 Å². The third-order valence-corrected chi connectivity index (χ3v) is 3.19. The number of ether oxygens (including phenoxy) is 2. The lowest BCUT2D eigenvalue weighted by molar-refractivity contribution is -0.385. The van der Waals surface area contributed by atoms with Gasteiger partial charge in [0.2, 0.25) is 5.75 Å². The molecule has 1 fully saturated rings. The Morgan fingerprint density at radius 3 is 2.60 bits per heavy atom. The number of methoxy groups -OCH3 is 2. The first kappa shape index (κ1) is 14.1. The van der Waals surface area contributed by atoms with Crippen LogP contribution in [0.15, 0.2) is 12.1 Å². The molecule has 0 atom stereocenters. The van der Waals surface area contributed by atoms with Gasteiger partial charge in [-0.15, -0.1) is 0 Å². The lowest BCUT2D eigenvalue weighted by Crippen LogP contribution is -2.26. The van der Waals surface area contributed by atoms with E-state index >= 15 is 0 Å². The van der Waals surface area contributed by atoms with Crippen LogP contribution in [0.3, 0.4) is 0 Å². The number of hydrogen-bond donors (Lipinski definition) is 1. The molecule has 108 valence electrons. The summed E-state index contributed by atoms with van der Waals surface area (Å²) in [4.78, 5) is 22.6. The maximum Gasteiger partial charge on any atom is 0.312 e. The minimum Gasteiger partial charge on any atom is -0.496 e. The summed E-state index contributed by atoms with van der Waals surface area (Å²) in [7, 11) is 2.69. The summed E-state index contributed by atoms with van der Waals surface area (Å²) in [6.45, 7) is 0.563. The highest BCUT2D eigenvalue weighted by Crippen LogP contribution is 2.37. The summed E-state index contributed by atoms with van der Waals surface area (Å²) >= 11 is 0. The highest BCUT2D eigenvalue weighted by molar-refractivity contribution is 6.01. The van der Waals surface area contributed by atoms with Crippen LogP contribution >= 0.6 is 0 Å². The SMILES string of the molecule is COc1ccc([N+](=O)[O-])c(OC)c1C(=O)NCC1CC1. The number of rotatable bonds is 6. The molecule has 0 aliphatic heterocycles. The van der Waals surface area contributed by atoms with Crippen molar-refractivity contribution in [3.8, 4) is 11.5 Å². The van der Waals surface area contributed by atoms with E-state index in [0.29, 0.717) is 12.5 Å². The number of carbonyl (C=O) groups is 1. The Hall–Kier alpha value is -2.31. The Kier molecular flexibility index (Phi) is 4.07. The van der Waals surface area contributed by atoms with Crippen molar-refractivity contribution in [1.29, 1.82) is 0 Å². The molecular weight excluding hydrogens is 264 g/mol. The van der Waals surface area contributed by atoms with Gasteiger partial charge in [-0.1, -0.05) is 0 Å². The first-order valence-corrected chi connectivity index (χ1v) is 6.26. The lowest BCUT2D eigenvalue weighted by Gasteiger charge is -2.13.